The molecular formula is C11H15NO4S. The zero-order valence-electron chi connectivity index (χ0n) is 9.75. The summed E-state index contributed by atoms with van der Waals surface area (Å²) >= 11 is 0. The van der Waals surface area contributed by atoms with Crippen LogP contribution in [-0.2, 0) is 21.2 Å². The van der Waals surface area contributed by atoms with Gasteiger partial charge in [-0.1, -0.05) is 19.1 Å². The number of benzene rings is 1. The molecule has 0 aliphatic heterocycles. The zero-order valence-corrected chi connectivity index (χ0v) is 10.6. The Bertz CT molecular complexity index is 493. The standard InChI is InChI=1S/C11H15NO4S/c1-3-9-4-6-10(7-5-9)17(15,16)12(2)8-11(13)14/h4-7H,3,8H2,1-2H3,(H,13,14). The van der Waals surface area contributed by atoms with Crippen molar-refractivity contribution in [1.82, 2.24) is 4.31 Å². The molecule has 0 amide bonds. The Morgan fingerprint density at radius 2 is 1.82 bits per heavy atom. The van der Waals surface area contributed by atoms with Gasteiger partial charge in [-0.3, -0.25) is 4.79 Å². The number of likely N-dealkylation sites (N-methyl/N-ethyl adjacent to an activating group) is 1. The molecule has 1 N–H and O–H groups in total. The molecule has 17 heavy (non-hydrogen) atoms. The maximum Gasteiger partial charge on any atom is 0.318 e. The van der Waals surface area contributed by atoms with Crippen LogP contribution in [0, 0.1) is 0 Å². The van der Waals surface area contributed by atoms with E-state index in [1.54, 1.807) is 12.1 Å². The largest absolute Gasteiger partial charge is 0.480 e. The van der Waals surface area contributed by atoms with Gasteiger partial charge in [0, 0.05) is 7.05 Å². The summed E-state index contributed by atoms with van der Waals surface area (Å²) in [5.74, 6) is -1.18. The number of hydrogen-bond acceptors (Lipinski definition) is 3. The lowest BCUT2D eigenvalue weighted by Gasteiger charge is -2.14. The highest BCUT2D eigenvalue weighted by Gasteiger charge is 2.22. The Morgan fingerprint density at radius 3 is 2.24 bits per heavy atom. The molecule has 1 aromatic carbocycles. The van der Waals surface area contributed by atoms with Crippen LogP contribution in [0.15, 0.2) is 29.2 Å². The molecule has 0 saturated heterocycles. The van der Waals surface area contributed by atoms with Crippen molar-refractivity contribution < 1.29 is 18.3 Å². The Morgan fingerprint density at radius 1 is 1.29 bits per heavy atom. The van der Waals surface area contributed by atoms with E-state index in [0.29, 0.717) is 0 Å². The van der Waals surface area contributed by atoms with Gasteiger partial charge in [0.15, 0.2) is 0 Å². The molecule has 0 heterocycles. The van der Waals surface area contributed by atoms with Crippen LogP contribution in [0.4, 0.5) is 0 Å². The Labute approximate surface area is 101 Å². The fourth-order valence-electron chi connectivity index (χ4n) is 1.35. The fraction of sp³-hybridized carbons (Fsp3) is 0.364. The molecule has 0 atom stereocenters. The second-order valence-electron chi connectivity index (χ2n) is 3.65. The van der Waals surface area contributed by atoms with E-state index in [9.17, 15) is 13.2 Å². The maximum absolute atomic E-state index is 11.9. The van der Waals surface area contributed by atoms with Crippen molar-refractivity contribution >= 4 is 16.0 Å². The number of rotatable bonds is 5. The molecular weight excluding hydrogens is 242 g/mol. The van der Waals surface area contributed by atoms with E-state index < -0.39 is 22.5 Å². The summed E-state index contributed by atoms with van der Waals surface area (Å²) in [4.78, 5) is 10.6. The quantitative estimate of drug-likeness (QED) is 0.852. The number of carbonyl (C=O) groups is 1. The highest BCUT2D eigenvalue weighted by atomic mass is 32.2. The summed E-state index contributed by atoms with van der Waals surface area (Å²) in [5.41, 5.74) is 1.03. The molecule has 0 aliphatic rings. The van der Waals surface area contributed by atoms with E-state index in [0.717, 1.165) is 16.3 Å². The molecule has 6 heteroatoms. The minimum atomic E-state index is -3.71. The van der Waals surface area contributed by atoms with Crippen molar-refractivity contribution in [2.24, 2.45) is 0 Å². The normalized spacial score (nSPS) is 11.7. The SMILES string of the molecule is CCc1ccc(S(=O)(=O)N(C)CC(=O)O)cc1. The van der Waals surface area contributed by atoms with Gasteiger partial charge in [-0.05, 0) is 24.1 Å². The van der Waals surface area contributed by atoms with Crippen molar-refractivity contribution in [1.29, 1.82) is 0 Å². The van der Waals surface area contributed by atoms with Gasteiger partial charge >= 0.3 is 5.97 Å². The van der Waals surface area contributed by atoms with Gasteiger partial charge < -0.3 is 5.11 Å². The van der Waals surface area contributed by atoms with E-state index in [1.807, 2.05) is 6.92 Å². The first-order chi connectivity index (χ1) is 7.87. The second kappa shape index (κ2) is 5.29. The lowest BCUT2D eigenvalue weighted by atomic mass is 10.2. The summed E-state index contributed by atoms with van der Waals surface area (Å²) < 4.78 is 24.7. The fourth-order valence-corrected chi connectivity index (χ4v) is 2.47. The third-order valence-corrected chi connectivity index (χ3v) is 4.22. The van der Waals surface area contributed by atoms with Crippen LogP contribution in [0.1, 0.15) is 12.5 Å². The summed E-state index contributed by atoms with van der Waals surface area (Å²) in [6.07, 6.45) is 0.825. The molecule has 0 bridgehead atoms. The first kappa shape index (κ1) is 13.7. The molecule has 1 aromatic rings. The van der Waals surface area contributed by atoms with Gasteiger partial charge in [0.25, 0.3) is 0 Å². The van der Waals surface area contributed by atoms with E-state index in [2.05, 4.69) is 0 Å². The summed E-state index contributed by atoms with van der Waals surface area (Å²) in [6.45, 7) is 1.43. The first-order valence-electron chi connectivity index (χ1n) is 5.15. The highest BCUT2D eigenvalue weighted by Crippen LogP contribution is 2.15. The number of sulfonamides is 1. The average Bonchev–Trinajstić information content (AvgIpc) is 2.28. The topological polar surface area (TPSA) is 74.7 Å². The van der Waals surface area contributed by atoms with Crippen LogP contribution >= 0.6 is 0 Å². The Balaban J connectivity index is 3.00. The molecule has 0 fully saturated rings. The minimum Gasteiger partial charge on any atom is -0.480 e. The van der Waals surface area contributed by atoms with Crippen molar-refractivity contribution in [3.63, 3.8) is 0 Å². The van der Waals surface area contributed by atoms with Crippen LogP contribution in [0.2, 0.25) is 0 Å². The number of carboxylic acid groups (broad SMARTS) is 1. The summed E-state index contributed by atoms with van der Waals surface area (Å²) in [7, 11) is -2.46. The molecule has 0 spiro atoms. The van der Waals surface area contributed by atoms with Crippen molar-refractivity contribution in [2.45, 2.75) is 18.2 Å². The minimum absolute atomic E-state index is 0.110. The Kier molecular flexibility index (Phi) is 4.25. The second-order valence-corrected chi connectivity index (χ2v) is 5.70. The molecule has 0 unspecified atom stereocenters. The van der Waals surface area contributed by atoms with Crippen molar-refractivity contribution in [3.05, 3.63) is 29.8 Å². The van der Waals surface area contributed by atoms with E-state index in [4.69, 9.17) is 5.11 Å². The highest BCUT2D eigenvalue weighted by molar-refractivity contribution is 7.89. The molecule has 0 aromatic heterocycles. The molecule has 0 saturated carbocycles. The monoisotopic (exact) mass is 257 g/mol. The molecule has 1 rings (SSSR count). The van der Waals surface area contributed by atoms with E-state index in [-0.39, 0.29) is 4.90 Å². The number of hydrogen-bond donors (Lipinski definition) is 1. The van der Waals surface area contributed by atoms with Crippen molar-refractivity contribution in [3.8, 4) is 0 Å². The smallest absolute Gasteiger partial charge is 0.318 e. The predicted molar refractivity (Wildman–Crippen MR) is 63.3 cm³/mol. The number of nitrogens with zero attached hydrogens (tertiary/aromatic N) is 1. The van der Waals surface area contributed by atoms with Gasteiger partial charge in [0.05, 0.1) is 4.90 Å². The van der Waals surface area contributed by atoms with Crippen LogP contribution < -0.4 is 0 Å². The zero-order chi connectivity index (χ0) is 13.1. The average molecular weight is 257 g/mol. The molecule has 0 radical (unpaired) electrons. The van der Waals surface area contributed by atoms with Crippen molar-refractivity contribution in [2.75, 3.05) is 13.6 Å². The number of aliphatic carboxylic acids is 1. The first-order valence-corrected chi connectivity index (χ1v) is 6.59. The lowest BCUT2D eigenvalue weighted by molar-refractivity contribution is -0.137. The van der Waals surface area contributed by atoms with Gasteiger partial charge in [-0.25, -0.2) is 8.42 Å². The molecule has 0 aliphatic carbocycles. The van der Waals surface area contributed by atoms with Gasteiger partial charge in [0.1, 0.15) is 6.54 Å². The summed E-state index contributed by atoms with van der Waals surface area (Å²) in [6, 6.07) is 6.43. The Hall–Kier alpha value is -1.40. The number of carboxylic acids is 1. The maximum atomic E-state index is 11.9. The van der Waals surface area contributed by atoms with E-state index in [1.165, 1.54) is 19.2 Å². The van der Waals surface area contributed by atoms with Crippen LogP contribution in [0.25, 0.3) is 0 Å². The molecule has 5 nitrogen and oxygen atoms in total. The van der Waals surface area contributed by atoms with Gasteiger partial charge in [0.2, 0.25) is 10.0 Å². The van der Waals surface area contributed by atoms with E-state index >= 15 is 0 Å². The molecule has 94 valence electrons. The number of aryl methyl sites for hydroxylation is 1. The summed E-state index contributed by atoms with van der Waals surface area (Å²) in [5, 5.41) is 8.57. The third kappa shape index (κ3) is 3.28. The van der Waals surface area contributed by atoms with Gasteiger partial charge in [-0.15, -0.1) is 0 Å². The van der Waals surface area contributed by atoms with Gasteiger partial charge in [-0.2, -0.15) is 4.31 Å². The predicted octanol–water partition coefficient (Wildman–Crippen LogP) is 0.954. The van der Waals surface area contributed by atoms with Crippen LogP contribution in [-0.4, -0.2) is 37.4 Å². The van der Waals surface area contributed by atoms with Crippen LogP contribution in [0.3, 0.4) is 0 Å². The lowest BCUT2D eigenvalue weighted by Crippen LogP contribution is -2.32. The third-order valence-electron chi connectivity index (χ3n) is 2.40. The van der Waals surface area contributed by atoms with Crippen LogP contribution in [0.5, 0.6) is 0 Å².